The maximum absolute atomic E-state index is 14.1. The van der Waals surface area contributed by atoms with Crippen LogP contribution >= 0.6 is 0 Å². The molecule has 0 aliphatic rings. The maximum Gasteiger partial charge on any atom is 0.149 e. The van der Waals surface area contributed by atoms with E-state index in [9.17, 15) is 8.78 Å². The van der Waals surface area contributed by atoms with Gasteiger partial charge in [0.2, 0.25) is 0 Å². The second kappa shape index (κ2) is 8.17. The van der Waals surface area contributed by atoms with E-state index in [-0.39, 0.29) is 11.7 Å². The lowest BCUT2D eigenvalue weighted by molar-refractivity contribution is 0.196. The van der Waals surface area contributed by atoms with E-state index in [4.69, 9.17) is 10.5 Å². The molecular weight excluding hydrogens is 262 g/mol. The minimum absolute atomic E-state index is 0.00919. The van der Waals surface area contributed by atoms with E-state index in [1.54, 1.807) is 19.1 Å². The van der Waals surface area contributed by atoms with Gasteiger partial charge in [0.1, 0.15) is 17.3 Å². The van der Waals surface area contributed by atoms with Crippen molar-refractivity contribution in [2.45, 2.75) is 32.2 Å². The van der Waals surface area contributed by atoms with Crippen molar-refractivity contribution >= 4 is 5.69 Å². The van der Waals surface area contributed by atoms with E-state index in [1.807, 2.05) is 6.92 Å². The first-order valence-corrected chi connectivity index (χ1v) is 6.93. The molecule has 0 radical (unpaired) electrons. The van der Waals surface area contributed by atoms with Gasteiger partial charge in [0.15, 0.2) is 0 Å². The summed E-state index contributed by atoms with van der Waals surface area (Å²) >= 11 is 0. The molecule has 0 saturated heterocycles. The van der Waals surface area contributed by atoms with Gasteiger partial charge in [-0.15, -0.1) is 0 Å². The lowest BCUT2D eigenvalue weighted by Gasteiger charge is -2.21. The van der Waals surface area contributed by atoms with E-state index < -0.39 is 11.6 Å². The Bertz CT molecular complexity index is 403. The van der Waals surface area contributed by atoms with E-state index in [2.05, 4.69) is 0 Å². The summed E-state index contributed by atoms with van der Waals surface area (Å²) in [5.41, 5.74) is 6.42. The molecule has 1 rings (SSSR count). The number of hydrogen-bond acceptors (Lipinski definition) is 3. The van der Waals surface area contributed by atoms with Gasteiger partial charge in [-0.3, -0.25) is 0 Å². The van der Waals surface area contributed by atoms with E-state index in [1.165, 1.54) is 12.1 Å². The van der Waals surface area contributed by atoms with Gasteiger partial charge in [0.25, 0.3) is 0 Å². The van der Waals surface area contributed by atoms with Crippen molar-refractivity contribution in [2.75, 3.05) is 32.2 Å². The smallest absolute Gasteiger partial charge is 0.149 e. The Hall–Kier alpha value is -1.20. The number of benzene rings is 1. The van der Waals surface area contributed by atoms with Gasteiger partial charge in [-0.1, -0.05) is 6.92 Å². The minimum Gasteiger partial charge on any atom is -0.385 e. The van der Waals surface area contributed by atoms with Crippen LogP contribution in [0.2, 0.25) is 0 Å². The van der Waals surface area contributed by atoms with Gasteiger partial charge < -0.3 is 15.4 Å². The van der Waals surface area contributed by atoms with E-state index in [0.29, 0.717) is 31.6 Å². The van der Waals surface area contributed by atoms with Crippen LogP contribution in [-0.4, -0.2) is 33.4 Å². The molecule has 3 nitrogen and oxygen atoms in total. The first kappa shape index (κ1) is 16.9. The van der Waals surface area contributed by atoms with E-state index >= 15 is 0 Å². The van der Waals surface area contributed by atoms with Crippen LogP contribution in [0, 0.1) is 11.6 Å². The fraction of sp³-hybridized carbons (Fsp3) is 0.600. The van der Waals surface area contributed by atoms with Crippen LogP contribution in [0.25, 0.3) is 0 Å². The lowest BCUT2D eigenvalue weighted by atomic mass is 10.0. The highest BCUT2D eigenvalue weighted by Crippen LogP contribution is 2.25. The molecule has 0 aliphatic carbocycles. The molecule has 0 heterocycles. The summed E-state index contributed by atoms with van der Waals surface area (Å²) in [4.78, 5) is 1.58. The second-order valence-corrected chi connectivity index (χ2v) is 5.05. The summed E-state index contributed by atoms with van der Waals surface area (Å²) < 4.78 is 33.1. The fourth-order valence-corrected chi connectivity index (χ4v) is 2.11. The van der Waals surface area contributed by atoms with Crippen LogP contribution < -0.4 is 10.6 Å². The molecule has 0 aliphatic heterocycles. The van der Waals surface area contributed by atoms with Crippen molar-refractivity contribution in [1.29, 1.82) is 0 Å². The van der Waals surface area contributed by atoms with Crippen molar-refractivity contribution < 1.29 is 13.5 Å². The maximum atomic E-state index is 14.1. The molecule has 20 heavy (non-hydrogen) atoms. The van der Waals surface area contributed by atoms with Crippen LogP contribution in [0.3, 0.4) is 0 Å². The predicted octanol–water partition coefficient (Wildman–Crippen LogP) is 2.72. The number of anilines is 1. The van der Waals surface area contributed by atoms with Crippen LogP contribution in [-0.2, 0) is 11.2 Å². The number of halogens is 2. The largest absolute Gasteiger partial charge is 0.385 e. The van der Waals surface area contributed by atoms with Crippen molar-refractivity contribution in [3.8, 4) is 0 Å². The molecule has 0 spiro atoms. The zero-order valence-electron chi connectivity index (χ0n) is 12.5. The molecule has 114 valence electrons. The average molecular weight is 286 g/mol. The van der Waals surface area contributed by atoms with Gasteiger partial charge in [-0.25, -0.2) is 8.78 Å². The lowest BCUT2D eigenvalue weighted by Crippen LogP contribution is -2.24. The molecule has 0 bridgehead atoms. The van der Waals surface area contributed by atoms with Gasteiger partial charge in [-0.05, 0) is 37.0 Å². The number of ether oxygens (including phenoxy) is 1. The quantitative estimate of drug-likeness (QED) is 0.747. The number of methoxy groups -OCH3 is 1. The van der Waals surface area contributed by atoms with Crippen molar-refractivity contribution in [1.82, 2.24) is 0 Å². The van der Waals surface area contributed by atoms with Crippen molar-refractivity contribution in [2.24, 2.45) is 5.73 Å². The first-order valence-electron chi connectivity index (χ1n) is 6.93. The van der Waals surface area contributed by atoms with Gasteiger partial charge in [0, 0.05) is 33.4 Å². The molecule has 0 saturated carbocycles. The fourth-order valence-electron chi connectivity index (χ4n) is 2.11. The third kappa shape index (κ3) is 4.72. The molecule has 0 amide bonds. The molecule has 1 aromatic carbocycles. The molecular formula is C15H24F2N2O. The van der Waals surface area contributed by atoms with Crippen LogP contribution in [0.5, 0.6) is 0 Å². The van der Waals surface area contributed by atoms with Gasteiger partial charge in [0.05, 0.1) is 0 Å². The average Bonchev–Trinajstić information content (AvgIpc) is 2.38. The SMILES string of the molecule is CCC(N)Cc1cc(F)c(N(C)CCCOC)c(F)c1. The monoisotopic (exact) mass is 286 g/mol. The first-order chi connectivity index (χ1) is 9.49. The zero-order valence-corrected chi connectivity index (χ0v) is 12.5. The normalized spacial score (nSPS) is 12.5. The van der Waals surface area contributed by atoms with E-state index in [0.717, 1.165) is 6.42 Å². The number of nitrogens with two attached hydrogens (primary N) is 1. The molecule has 1 atom stereocenters. The topological polar surface area (TPSA) is 38.5 Å². The summed E-state index contributed by atoms with van der Waals surface area (Å²) in [6, 6.07) is 2.68. The molecule has 1 aromatic rings. The Labute approximate surface area is 119 Å². The molecule has 0 fully saturated rings. The Morgan fingerprint density at radius 2 is 1.90 bits per heavy atom. The predicted molar refractivity (Wildman–Crippen MR) is 78.1 cm³/mol. The van der Waals surface area contributed by atoms with Crippen LogP contribution in [0.1, 0.15) is 25.3 Å². The van der Waals surface area contributed by atoms with Crippen molar-refractivity contribution in [3.05, 3.63) is 29.3 Å². The van der Waals surface area contributed by atoms with Gasteiger partial charge in [-0.2, -0.15) is 0 Å². The van der Waals surface area contributed by atoms with Crippen LogP contribution in [0.4, 0.5) is 14.5 Å². The molecule has 2 N–H and O–H groups in total. The zero-order chi connectivity index (χ0) is 15.1. The van der Waals surface area contributed by atoms with Gasteiger partial charge >= 0.3 is 0 Å². The summed E-state index contributed by atoms with van der Waals surface area (Å²) in [6.07, 6.45) is 1.98. The molecule has 0 aromatic heterocycles. The van der Waals surface area contributed by atoms with Crippen molar-refractivity contribution in [3.63, 3.8) is 0 Å². The Morgan fingerprint density at radius 3 is 2.40 bits per heavy atom. The Balaban J connectivity index is 2.82. The summed E-state index contributed by atoms with van der Waals surface area (Å²) in [7, 11) is 3.28. The number of rotatable bonds is 8. The van der Waals surface area contributed by atoms with Crippen LogP contribution in [0.15, 0.2) is 12.1 Å². The third-order valence-corrected chi connectivity index (χ3v) is 3.32. The number of hydrogen-bond donors (Lipinski definition) is 1. The standard InChI is InChI=1S/C15H24F2N2O/c1-4-12(18)8-11-9-13(16)15(14(17)10-11)19(2)6-5-7-20-3/h9-10,12H,4-8,18H2,1-3H3. The minimum atomic E-state index is -0.539. The summed E-state index contributed by atoms with van der Waals surface area (Å²) in [5, 5.41) is 0. The summed E-state index contributed by atoms with van der Waals surface area (Å²) in [6.45, 7) is 3.06. The third-order valence-electron chi connectivity index (χ3n) is 3.32. The highest BCUT2D eigenvalue weighted by Gasteiger charge is 2.16. The Morgan fingerprint density at radius 1 is 1.30 bits per heavy atom. The highest BCUT2D eigenvalue weighted by atomic mass is 19.1. The Kier molecular flexibility index (Phi) is 6.88. The summed E-state index contributed by atoms with van der Waals surface area (Å²) in [5.74, 6) is -1.08. The molecule has 1 unspecified atom stereocenters. The highest BCUT2D eigenvalue weighted by molar-refractivity contribution is 5.50. The number of nitrogens with zero attached hydrogens (tertiary/aromatic N) is 1. The second-order valence-electron chi connectivity index (χ2n) is 5.05. The molecule has 5 heteroatoms.